The van der Waals surface area contributed by atoms with Crippen LogP contribution >= 0.6 is 12.4 Å². The van der Waals surface area contributed by atoms with E-state index in [2.05, 4.69) is 0 Å². The van der Waals surface area contributed by atoms with Crippen molar-refractivity contribution in [2.75, 3.05) is 13.7 Å². The van der Waals surface area contributed by atoms with Crippen molar-refractivity contribution in [3.8, 4) is 11.5 Å². The van der Waals surface area contributed by atoms with Crippen LogP contribution in [0, 0.1) is 0 Å². The van der Waals surface area contributed by atoms with Crippen LogP contribution in [0.1, 0.15) is 11.6 Å². The summed E-state index contributed by atoms with van der Waals surface area (Å²) in [5.41, 5.74) is 5.31. The Kier molecular flexibility index (Phi) is 5.60. The summed E-state index contributed by atoms with van der Waals surface area (Å²) in [4.78, 5) is 0. The van der Waals surface area contributed by atoms with Crippen molar-refractivity contribution in [1.29, 1.82) is 0 Å². The monoisotopic (exact) mass is 269 g/mol. The van der Waals surface area contributed by atoms with Crippen LogP contribution in [-0.2, 0) is 0 Å². The van der Waals surface area contributed by atoms with Crippen molar-refractivity contribution in [1.82, 2.24) is 0 Å². The van der Waals surface area contributed by atoms with E-state index in [1.165, 1.54) is 19.2 Å². The van der Waals surface area contributed by atoms with Crippen molar-refractivity contribution >= 4 is 12.4 Å². The average Bonchev–Trinajstić information content (AvgIpc) is 2.27. The highest BCUT2D eigenvalue weighted by Crippen LogP contribution is 2.33. The third-order valence-electron chi connectivity index (χ3n) is 2.23. The molecule has 0 aromatic heterocycles. The van der Waals surface area contributed by atoms with Gasteiger partial charge >= 0.3 is 0 Å². The molecule has 7 heteroatoms. The second kappa shape index (κ2) is 6.00. The van der Waals surface area contributed by atoms with Crippen molar-refractivity contribution in [2.24, 2.45) is 5.73 Å². The van der Waals surface area contributed by atoms with Crippen LogP contribution in [0.2, 0.25) is 0 Å². The number of aliphatic hydroxyl groups is 1. The van der Waals surface area contributed by atoms with Gasteiger partial charge in [-0.15, -0.1) is 12.4 Å². The highest BCUT2D eigenvalue weighted by Gasteiger charge is 2.37. The lowest BCUT2D eigenvalue weighted by atomic mass is 10.0. The maximum atomic E-state index is 13.1. The van der Waals surface area contributed by atoms with Gasteiger partial charge in [0.05, 0.1) is 13.2 Å². The standard InChI is InChI=1S/C10H13F2NO3.ClH/c1-16-8-3-2-6(4-7(8)15)9(13)10(11,12)5-14;/h2-4,9,14-15H,5,13H2,1H3;1H/t9-;/m0./s1. The Labute approximate surface area is 103 Å². The van der Waals surface area contributed by atoms with Gasteiger partial charge in [-0.1, -0.05) is 6.07 Å². The Bertz CT molecular complexity index is 377. The first kappa shape index (κ1) is 15.9. The number of ether oxygens (including phenoxy) is 1. The molecule has 0 aliphatic heterocycles. The van der Waals surface area contributed by atoms with E-state index in [9.17, 15) is 13.9 Å². The summed E-state index contributed by atoms with van der Waals surface area (Å²) in [7, 11) is 1.34. The molecular formula is C10H14ClF2NO3. The van der Waals surface area contributed by atoms with E-state index in [4.69, 9.17) is 15.6 Å². The number of halogens is 3. The fourth-order valence-electron chi connectivity index (χ4n) is 1.24. The van der Waals surface area contributed by atoms with E-state index in [0.717, 1.165) is 6.07 Å². The van der Waals surface area contributed by atoms with Crippen LogP contribution in [0.25, 0.3) is 0 Å². The molecule has 98 valence electrons. The lowest BCUT2D eigenvalue weighted by Gasteiger charge is -2.22. The Morgan fingerprint density at radius 2 is 2.06 bits per heavy atom. The van der Waals surface area contributed by atoms with Gasteiger partial charge in [0.1, 0.15) is 6.61 Å². The van der Waals surface area contributed by atoms with Crippen LogP contribution < -0.4 is 10.5 Å². The number of aromatic hydroxyl groups is 1. The smallest absolute Gasteiger partial charge is 0.289 e. The van der Waals surface area contributed by atoms with Crippen LogP contribution in [0.15, 0.2) is 18.2 Å². The number of aliphatic hydroxyl groups excluding tert-OH is 1. The Morgan fingerprint density at radius 3 is 2.47 bits per heavy atom. The molecule has 0 spiro atoms. The molecule has 0 heterocycles. The summed E-state index contributed by atoms with van der Waals surface area (Å²) >= 11 is 0. The largest absolute Gasteiger partial charge is 0.504 e. The first-order chi connectivity index (χ1) is 7.42. The van der Waals surface area contributed by atoms with E-state index in [1.54, 1.807) is 0 Å². The molecule has 0 unspecified atom stereocenters. The zero-order chi connectivity index (χ0) is 12.3. The molecule has 0 aliphatic rings. The molecule has 4 N–H and O–H groups in total. The Hall–Kier alpha value is -1.11. The molecule has 1 aromatic carbocycles. The highest BCUT2D eigenvalue weighted by molar-refractivity contribution is 5.85. The molecule has 17 heavy (non-hydrogen) atoms. The molecule has 4 nitrogen and oxygen atoms in total. The number of hydrogen-bond acceptors (Lipinski definition) is 4. The first-order valence-corrected chi connectivity index (χ1v) is 4.53. The van der Waals surface area contributed by atoms with Gasteiger partial charge in [-0.3, -0.25) is 0 Å². The second-order valence-corrected chi connectivity index (χ2v) is 3.33. The molecule has 1 aromatic rings. The van der Waals surface area contributed by atoms with Gasteiger partial charge in [0, 0.05) is 0 Å². The van der Waals surface area contributed by atoms with E-state index in [0.29, 0.717) is 0 Å². The molecule has 0 radical (unpaired) electrons. The van der Waals surface area contributed by atoms with Gasteiger partial charge in [-0.2, -0.15) is 0 Å². The summed E-state index contributed by atoms with van der Waals surface area (Å²) in [6.07, 6.45) is 0. The first-order valence-electron chi connectivity index (χ1n) is 4.53. The quantitative estimate of drug-likeness (QED) is 0.773. The van der Waals surface area contributed by atoms with Crippen LogP contribution in [-0.4, -0.2) is 29.9 Å². The van der Waals surface area contributed by atoms with Gasteiger partial charge in [-0.05, 0) is 17.7 Å². The highest BCUT2D eigenvalue weighted by atomic mass is 35.5. The molecule has 0 saturated heterocycles. The number of phenolic OH excluding ortho intramolecular Hbond substituents is 1. The van der Waals surface area contributed by atoms with Gasteiger partial charge < -0.3 is 20.7 Å². The predicted molar refractivity (Wildman–Crippen MR) is 60.9 cm³/mol. The summed E-state index contributed by atoms with van der Waals surface area (Å²) in [6, 6.07) is 2.06. The normalized spacial score (nSPS) is 12.8. The van der Waals surface area contributed by atoms with E-state index in [-0.39, 0.29) is 29.5 Å². The number of hydrogen-bond donors (Lipinski definition) is 3. The lowest BCUT2D eigenvalue weighted by molar-refractivity contribution is -0.0712. The zero-order valence-corrected chi connectivity index (χ0v) is 9.88. The minimum Gasteiger partial charge on any atom is -0.504 e. The maximum Gasteiger partial charge on any atom is 0.289 e. The molecule has 0 saturated carbocycles. The number of alkyl halides is 2. The number of benzene rings is 1. The molecule has 1 rings (SSSR count). The minimum absolute atomic E-state index is 0. The fraction of sp³-hybridized carbons (Fsp3) is 0.400. The molecule has 1 atom stereocenters. The van der Waals surface area contributed by atoms with Crippen molar-refractivity contribution in [2.45, 2.75) is 12.0 Å². The predicted octanol–water partition coefficient (Wildman–Crippen LogP) is 1.45. The number of nitrogens with two attached hydrogens (primary N) is 1. The van der Waals surface area contributed by atoms with Crippen molar-refractivity contribution in [3.63, 3.8) is 0 Å². The second-order valence-electron chi connectivity index (χ2n) is 3.33. The van der Waals surface area contributed by atoms with Crippen LogP contribution in [0.4, 0.5) is 8.78 Å². The number of rotatable bonds is 4. The topological polar surface area (TPSA) is 75.7 Å². The van der Waals surface area contributed by atoms with Gasteiger partial charge in [-0.25, -0.2) is 8.78 Å². The maximum absolute atomic E-state index is 13.1. The molecule has 0 amide bonds. The Morgan fingerprint density at radius 1 is 1.47 bits per heavy atom. The summed E-state index contributed by atoms with van der Waals surface area (Å²) in [5.74, 6) is -3.53. The summed E-state index contributed by atoms with van der Waals surface area (Å²) in [6.45, 7) is -1.35. The van der Waals surface area contributed by atoms with Crippen molar-refractivity contribution < 1.29 is 23.7 Å². The van der Waals surface area contributed by atoms with Gasteiger partial charge in [0.15, 0.2) is 11.5 Å². The minimum atomic E-state index is -3.43. The van der Waals surface area contributed by atoms with Crippen LogP contribution in [0.5, 0.6) is 11.5 Å². The van der Waals surface area contributed by atoms with E-state index < -0.39 is 18.6 Å². The summed E-state index contributed by atoms with van der Waals surface area (Å²) in [5, 5.41) is 17.9. The molecule has 0 bridgehead atoms. The van der Waals surface area contributed by atoms with E-state index >= 15 is 0 Å². The van der Waals surface area contributed by atoms with Crippen molar-refractivity contribution in [3.05, 3.63) is 23.8 Å². The van der Waals surface area contributed by atoms with Gasteiger partial charge in [0.2, 0.25) is 0 Å². The molecular weight excluding hydrogens is 256 g/mol. The van der Waals surface area contributed by atoms with E-state index in [1.807, 2.05) is 0 Å². The zero-order valence-electron chi connectivity index (χ0n) is 9.06. The number of phenols is 1. The average molecular weight is 270 g/mol. The third kappa shape index (κ3) is 3.42. The third-order valence-corrected chi connectivity index (χ3v) is 2.23. The molecule has 0 aliphatic carbocycles. The van der Waals surface area contributed by atoms with Crippen LogP contribution in [0.3, 0.4) is 0 Å². The lowest BCUT2D eigenvalue weighted by Crippen LogP contribution is -2.36. The Balaban J connectivity index is 0.00000256. The molecule has 0 fully saturated rings. The van der Waals surface area contributed by atoms with Gasteiger partial charge in [0.25, 0.3) is 5.92 Å². The number of methoxy groups -OCH3 is 1. The summed E-state index contributed by atoms with van der Waals surface area (Å²) < 4.78 is 30.9. The fourth-order valence-corrected chi connectivity index (χ4v) is 1.24. The SMILES string of the molecule is COc1ccc([C@H](N)C(F)(F)CO)cc1O.Cl.